The van der Waals surface area contributed by atoms with E-state index in [4.69, 9.17) is 5.73 Å². The highest BCUT2D eigenvalue weighted by Gasteiger charge is 2.07. The van der Waals surface area contributed by atoms with Gasteiger partial charge >= 0.3 is 0 Å². The number of hydrogen-bond acceptors (Lipinski definition) is 1. The fraction of sp³-hybridized carbons (Fsp3) is 0.625. The van der Waals surface area contributed by atoms with E-state index in [0.717, 1.165) is 13.0 Å². The summed E-state index contributed by atoms with van der Waals surface area (Å²) < 4.78 is 4.14. The highest BCUT2D eigenvalue weighted by Crippen LogP contribution is 1.99. The summed E-state index contributed by atoms with van der Waals surface area (Å²) in [6.07, 6.45) is 7.18. The fourth-order valence-corrected chi connectivity index (χ4v) is 1.00. The van der Waals surface area contributed by atoms with E-state index < -0.39 is 0 Å². The largest absolute Gasteiger partial charge is 0.293 e. The van der Waals surface area contributed by atoms with Crippen LogP contribution in [0.5, 0.6) is 0 Å². The van der Waals surface area contributed by atoms with E-state index in [1.165, 1.54) is 0 Å². The summed E-state index contributed by atoms with van der Waals surface area (Å²) in [4.78, 5) is 0. The lowest BCUT2D eigenvalue weighted by Gasteiger charge is -2.01. The van der Waals surface area contributed by atoms with Gasteiger partial charge in [-0.05, 0) is 13.3 Å². The fourth-order valence-electron chi connectivity index (χ4n) is 1.00. The van der Waals surface area contributed by atoms with E-state index in [1.807, 2.05) is 23.3 Å². The predicted octanol–water partition coefficient (Wildman–Crippen LogP) is 0.663. The van der Waals surface area contributed by atoms with Crippen LogP contribution < -0.4 is 10.3 Å². The molecule has 1 aromatic heterocycles. The Balaban J connectivity index is 2.71. The second-order valence-electron chi connectivity index (χ2n) is 2.67. The molecule has 62 valence electrons. The molecule has 0 saturated heterocycles. The average molecular weight is 154 g/mol. The molecule has 3 nitrogen and oxygen atoms in total. The number of aryl methyl sites for hydroxylation is 1. The van der Waals surface area contributed by atoms with Gasteiger partial charge in [0, 0.05) is 0 Å². The van der Waals surface area contributed by atoms with Crippen LogP contribution in [0.25, 0.3) is 0 Å². The highest BCUT2D eigenvalue weighted by molar-refractivity contribution is 4.70. The average Bonchev–Trinajstić information content (AvgIpc) is 2.50. The van der Waals surface area contributed by atoms with Gasteiger partial charge < -0.3 is 0 Å². The molecule has 0 spiro atoms. The van der Waals surface area contributed by atoms with Crippen molar-refractivity contribution >= 4 is 0 Å². The van der Waals surface area contributed by atoms with Crippen LogP contribution in [0, 0.1) is 0 Å². The molecule has 0 saturated carbocycles. The summed E-state index contributed by atoms with van der Waals surface area (Å²) in [6, 6.07) is 0. The normalized spacial score (nSPS) is 13.4. The molecule has 0 fully saturated rings. The molecule has 1 atom stereocenters. The number of aromatic nitrogens is 2. The quantitative estimate of drug-likeness (QED) is 0.638. The van der Waals surface area contributed by atoms with Gasteiger partial charge in [0.05, 0.1) is 6.54 Å². The number of imidazole rings is 1. The van der Waals surface area contributed by atoms with Crippen LogP contribution in [0.2, 0.25) is 0 Å². The Morgan fingerprint density at radius 2 is 2.27 bits per heavy atom. The second kappa shape index (κ2) is 3.53. The first-order valence-electron chi connectivity index (χ1n) is 4.10. The maximum absolute atomic E-state index is 5.81. The molecule has 1 heterocycles. The lowest BCUT2D eigenvalue weighted by Crippen LogP contribution is -2.30. The first kappa shape index (κ1) is 8.27. The number of hydrogen-bond donors (Lipinski definition) is 1. The molecule has 0 amide bonds. The van der Waals surface area contributed by atoms with Gasteiger partial charge in [0.2, 0.25) is 6.33 Å². The van der Waals surface area contributed by atoms with Gasteiger partial charge in [-0.15, -0.1) is 0 Å². The number of rotatable bonds is 3. The van der Waals surface area contributed by atoms with Crippen molar-refractivity contribution in [3.8, 4) is 0 Å². The van der Waals surface area contributed by atoms with Crippen molar-refractivity contribution in [2.75, 3.05) is 0 Å². The minimum absolute atomic E-state index is 0.128. The Bertz CT molecular complexity index is 217. The van der Waals surface area contributed by atoms with E-state index in [9.17, 15) is 0 Å². The zero-order chi connectivity index (χ0) is 8.27. The zero-order valence-electron chi connectivity index (χ0n) is 7.20. The van der Waals surface area contributed by atoms with Crippen LogP contribution in [0.1, 0.15) is 26.4 Å². The van der Waals surface area contributed by atoms with Gasteiger partial charge in [0.25, 0.3) is 0 Å². The molecule has 1 rings (SSSR count). The third kappa shape index (κ3) is 1.80. The van der Waals surface area contributed by atoms with Crippen molar-refractivity contribution in [2.24, 2.45) is 5.73 Å². The van der Waals surface area contributed by atoms with Crippen LogP contribution in [0.15, 0.2) is 18.7 Å². The SMILES string of the molecule is CCC(N)n1cc[n+](CC)c1. The molecule has 0 bridgehead atoms. The molecule has 0 aliphatic carbocycles. The lowest BCUT2D eigenvalue weighted by molar-refractivity contribution is -0.693. The Kier molecular flexibility index (Phi) is 2.65. The smallest absolute Gasteiger partial charge is 0.245 e. The molecule has 2 N–H and O–H groups in total. The number of nitrogens with zero attached hydrogens (tertiary/aromatic N) is 2. The predicted molar refractivity (Wildman–Crippen MR) is 43.8 cm³/mol. The van der Waals surface area contributed by atoms with Crippen molar-refractivity contribution in [1.82, 2.24) is 4.57 Å². The van der Waals surface area contributed by atoms with Crippen molar-refractivity contribution in [1.29, 1.82) is 0 Å². The van der Waals surface area contributed by atoms with E-state index in [1.54, 1.807) is 0 Å². The van der Waals surface area contributed by atoms with E-state index in [2.05, 4.69) is 18.4 Å². The van der Waals surface area contributed by atoms with Gasteiger partial charge in [-0.3, -0.25) is 5.73 Å². The molecule has 0 aliphatic heterocycles. The zero-order valence-corrected chi connectivity index (χ0v) is 7.20. The third-order valence-electron chi connectivity index (χ3n) is 1.88. The lowest BCUT2D eigenvalue weighted by atomic mass is 10.4. The van der Waals surface area contributed by atoms with Gasteiger partial charge in [-0.25, -0.2) is 9.13 Å². The summed E-state index contributed by atoms with van der Waals surface area (Å²) >= 11 is 0. The topological polar surface area (TPSA) is 34.8 Å². The maximum Gasteiger partial charge on any atom is 0.245 e. The molecule has 1 aromatic rings. The van der Waals surface area contributed by atoms with Crippen LogP contribution in [-0.2, 0) is 6.54 Å². The first-order chi connectivity index (χ1) is 5.27. The van der Waals surface area contributed by atoms with Crippen molar-refractivity contribution in [3.63, 3.8) is 0 Å². The Hall–Kier alpha value is -0.830. The Morgan fingerprint density at radius 3 is 2.73 bits per heavy atom. The van der Waals surface area contributed by atoms with Gasteiger partial charge in [-0.2, -0.15) is 0 Å². The summed E-state index contributed by atoms with van der Waals surface area (Å²) in [5.41, 5.74) is 5.81. The monoisotopic (exact) mass is 154 g/mol. The van der Waals surface area contributed by atoms with Gasteiger partial charge in [0.1, 0.15) is 18.6 Å². The number of nitrogens with two attached hydrogens (primary N) is 1. The van der Waals surface area contributed by atoms with Crippen LogP contribution in [0.4, 0.5) is 0 Å². The molecule has 0 radical (unpaired) electrons. The van der Waals surface area contributed by atoms with E-state index in [0.29, 0.717) is 0 Å². The minimum Gasteiger partial charge on any atom is -0.293 e. The van der Waals surface area contributed by atoms with Crippen molar-refractivity contribution < 1.29 is 4.57 Å². The molecular weight excluding hydrogens is 138 g/mol. The summed E-state index contributed by atoms with van der Waals surface area (Å²) in [7, 11) is 0. The maximum atomic E-state index is 5.81. The standard InChI is InChI=1S/C8H16N3/c1-3-8(9)11-6-5-10(4-2)7-11/h5-8H,3-4,9H2,1-2H3/q+1. The molecule has 3 heteroatoms. The molecule has 1 unspecified atom stereocenters. The van der Waals surface area contributed by atoms with E-state index >= 15 is 0 Å². The molecule has 0 aromatic carbocycles. The van der Waals surface area contributed by atoms with Crippen LogP contribution >= 0.6 is 0 Å². The van der Waals surface area contributed by atoms with Gasteiger partial charge in [0.15, 0.2) is 0 Å². The van der Waals surface area contributed by atoms with Crippen molar-refractivity contribution in [3.05, 3.63) is 18.7 Å². The molecular formula is C8H16N3+. The molecule has 0 aliphatic rings. The Labute approximate surface area is 67.4 Å². The van der Waals surface area contributed by atoms with Crippen molar-refractivity contribution in [2.45, 2.75) is 33.0 Å². The Morgan fingerprint density at radius 1 is 1.55 bits per heavy atom. The summed E-state index contributed by atoms with van der Waals surface area (Å²) in [6.45, 7) is 5.20. The van der Waals surface area contributed by atoms with Gasteiger partial charge in [-0.1, -0.05) is 6.92 Å². The van der Waals surface area contributed by atoms with Crippen LogP contribution in [0.3, 0.4) is 0 Å². The molecule has 11 heavy (non-hydrogen) atoms. The van der Waals surface area contributed by atoms with Crippen LogP contribution in [-0.4, -0.2) is 4.57 Å². The second-order valence-corrected chi connectivity index (χ2v) is 2.67. The van der Waals surface area contributed by atoms with E-state index in [-0.39, 0.29) is 6.17 Å². The highest BCUT2D eigenvalue weighted by atomic mass is 15.2. The summed E-state index contributed by atoms with van der Waals surface area (Å²) in [5, 5.41) is 0. The third-order valence-corrected chi connectivity index (χ3v) is 1.88. The summed E-state index contributed by atoms with van der Waals surface area (Å²) in [5.74, 6) is 0. The minimum atomic E-state index is 0.128. The first-order valence-corrected chi connectivity index (χ1v) is 4.10.